The van der Waals surface area contributed by atoms with Gasteiger partial charge in [0.25, 0.3) is 0 Å². The van der Waals surface area contributed by atoms with Crippen LogP contribution in [-0.4, -0.2) is 23.9 Å². The Morgan fingerprint density at radius 1 is 1.43 bits per heavy atom. The fraction of sp³-hybridized carbons (Fsp3) is 1.00. The van der Waals surface area contributed by atoms with Crippen LogP contribution in [0.1, 0.15) is 39.5 Å². The molecule has 80 valence electrons. The number of aliphatic hydroxyl groups excluding tert-OH is 1. The Labute approximate surface area is 85.6 Å². The molecule has 2 heteroatoms. The van der Waals surface area contributed by atoms with E-state index >= 15 is 0 Å². The Balaban J connectivity index is 2.05. The van der Waals surface area contributed by atoms with E-state index in [1.807, 2.05) is 0 Å². The molecular formula is C12H20O2. The molecule has 1 saturated heterocycles. The number of hydrogen-bond acceptors (Lipinski definition) is 2. The summed E-state index contributed by atoms with van der Waals surface area (Å²) in [5.74, 6) is 0.854. The minimum Gasteiger partial charge on any atom is -0.396 e. The zero-order chi connectivity index (χ0) is 10.0. The molecule has 3 fully saturated rings. The molecule has 1 aliphatic heterocycles. The van der Waals surface area contributed by atoms with Crippen molar-refractivity contribution in [2.24, 2.45) is 16.7 Å². The molecule has 1 N–H and O–H groups in total. The quantitative estimate of drug-likeness (QED) is 0.731. The summed E-state index contributed by atoms with van der Waals surface area (Å²) < 4.78 is 6.06. The number of rotatable bonds is 2. The van der Waals surface area contributed by atoms with Gasteiger partial charge in [0.15, 0.2) is 0 Å². The molecule has 2 nitrogen and oxygen atoms in total. The second-order valence-electron chi connectivity index (χ2n) is 5.95. The third-order valence-electron chi connectivity index (χ3n) is 5.90. The minimum absolute atomic E-state index is 0.0272. The van der Waals surface area contributed by atoms with Gasteiger partial charge in [0.1, 0.15) is 0 Å². The summed E-state index contributed by atoms with van der Waals surface area (Å²) in [5, 5.41) is 9.19. The highest BCUT2D eigenvalue weighted by Gasteiger charge is 2.75. The lowest BCUT2D eigenvalue weighted by molar-refractivity contribution is -0.0954. The van der Waals surface area contributed by atoms with Gasteiger partial charge in [0, 0.05) is 23.9 Å². The van der Waals surface area contributed by atoms with E-state index in [4.69, 9.17) is 4.74 Å². The van der Waals surface area contributed by atoms with Gasteiger partial charge < -0.3 is 9.84 Å². The van der Waals surface area contributed by atoms with Crippen molar-refractivity contribution in [3.05, 3.63) is 0 Å². The molecule has 2 aliphatic carbocycles. The van der Waals surface area contributed by atoms with Crippen LogP contribution < -0.4 is 0 Å². The smallest absolute Gasteiger partial charge is 0.0766 e. The Hall–Kier alpha value is -0.0800. The molecule has 0 aromatic rings. The standard InChI is InChI=1S/C12H20O2/c1-10-8-14-12(5-6-13)7-9(10)3-4-11(10,12)2/h9,13H,3-8H2,1-2H3/t9-,10+,11-,12-/m1/s1. The first-order chi connectivity index (χ1) is 6.58. The van der Waals surface area contributed by atoms with Crippen LogP contribution in [0.4, 0.5) is 0 Å². The highest BCUT2D eigenvalue weighted by molar-refractivity contribution is 5.23. The summed E-state index contributed by atoms with van der Waals surface area (Å²) in [7, 11) is 0. The van der Waals surface area contributed by atoms with Gasteiger partial charge in [0.2, 0.25) is 0 Å². The predicted octanol–water partition coefficient (Wildman–Crippen LogP) is 1.96. The molecule has 14 heavy (non-hydrogen) atoms. The number of aliphatic hydroxyl groups is 1. The Kier molecular flexibility index (Phi) is 1.54. The molecule has 0 aromatic heterocycles. The van der Waals surface area contributed by atoms with E-state index in [2.05, 4.69) is 13.8 Å². The predicted molar refractivity (Wildman–Crippen MR) is 53.9 cm³/mol. The summed E-state index contributed by atoms with van der Waals surface area (Å²) in [5.41, 5.74) is 0.773. The Morgan fingerprint density at radius 2 is 2.21 bits per heavy atom. The second-order valence-corrected chi connectivity index (χ2v) is 5.95. The van der Waals surface area contributed by atoms with Gasteiger partial charge in [-0.2, -0.15) is 0 Å². The minimum atomic E-state index is 0.0272. The molecule has 0 amide bonds. The zero-order valence-electron chi connectivity index (χ0n) is 9.18. The highest BCUT2D eigenvalue weighted by atomic mass is 16.5. The lowest BCUT2D eigenvalue weighted by Crippen LogP contribution is -2.43. The summed E-state index contributed by atoms with van der Waals surface area (Å²) in [4.78, 5) is 0. The van der Waals surface area contributed by atoms with E-state index in [-0.39, 0.29) is 12.2 Å². The molecule has 0 spiro atoms. The van der Waals surface area contributed by atoms with E-state index in [0.717, 1.165) is 18.9 Å². The number of hydrogen-bond donors (Lipinski definition) is 1. The Morgan fingerprint density at radius 3 is 2.79 bits per heavy atom. The second kappa shape index (κ2) is 2.35. The fourth-order valence-corrected chi connectivity index (χ4v) is 4.63. The third-order valence-corrected chi connectivity index (χ3v) is 5.90. The lowest BCUT2D eigenvalue weighted by Gasteiger charge is -2.41. The van der Waals surface area contributed by atoms with Crippen molar-refractivity contribution >= 4 is 0 Å². The molecule has 3 aliphatic rings. The highest BCUT2D eigenvalue weighted by Crippen LogP contribution is 2.75. The van der Waals surface area contributed by atoms with Gasteiger partial charge in [-0.05, 0) is 25.2 Å². The average Bonchev–Trinajstić information content (AvgIpc) is 2.59. The number of ether oxygens (including phenoxy) is 1. The molecule has 4 bridgehead atoms. The van der Waals surface area contributed by atoms with Crippen LogP contribution >= 0.6 is 0 Å². The van der Waals surface area contributed by atoms with E-state index in [9.17, 15) is 5.11 Å². The van der Waals surface area contributed by atoms with Crippen molar-refractivity contribution in [1.29, 1.82) is 0 Å². The van der Waals surface area contributed by atoms with E-state index in [1.165, 1.54) is 19.3 Å². The molecular weight excluding hydrogens is 176 g/mol. The third kappa shape index (κ3) is 0.674. The normalized spacial score (nSPS) is 59.8. The maximum Gasteiger partial charge on any atom is 0.0766 e. The van der Waals surface area contributed by atoms with Gasteiger partial charge in [-0.3, -0.25) is 0 Å². The van der Waals surface area contributed by atoms with Gasteiger partial charge in [-0.25, -0.2) is 0 Å². The van der Waals surface area contributed by atoms with Crippen LogP contribution in [0.25, 0.3) is 0 Å². The first-order valence-corrected chi connectivity index (χ1v) is 5.83. The van der Waals surface area contributed by atoms with Crippen LogP contribution in [0.3, 0.4) is 0 Å². The SMILES string of the molecule is C[C@]12CC[C@@H]3C[C@@]1(CCO)OC[C@@]32C. The fourth-order valence-electron chi connectivity index (χ4n) is 4.63. The van der Waals surface area contributed by atoms with Crippen LogP contribution in [0.2, 0.25) is 0 Å². The largest absolute Gasteiger partial charge is 0.396 e. The monoisotopic (exact) mass is 196 g/mol. The summed E-state index contributed by atoms with van der Waals surface area (Å²) in [6, 6.07) is 0. The maximum absolute atomic E-state index is 9.19. The summed E-state index contributed by atoms with van der Waals surface area (Å²) >= 11 is 0. The van der Waals surface area contributed by atoms with E-state index in [0.29, 0.717) is 10.8 Å². The van der Waals surface area contributed by atoms with Gasteiger partial charge in [-0.1, -0.05) is 13.8 Å². The first-order valence-electron chi connectivity index (χ1n) is 5.83. The van der Waals surface area contributed by atoms with Crippen molar-refractivity contribution in [3.63, 3.8) is 0 Å². The van der Waals surface area contributed by atoms with Crippen molar-refractivity contribution < 1.29 is 9.84 Å². The van der Waals surface area contributed by atoms with Crippen LogP contribution in [0.15, 0.2) is 0 Å². The molecule has 2 saturated carbocycles. The average molecular weight is 196 g/mol. The first kappa shape index (κ1) is 9.17. The van der Waals surface area contributed by atoms with Gasteiger partial charge in [-0.15, -0.1) is 0 Å². The summed E-state index contributed by atoms with van der Waals surface area (Å²) in [6.45, 7) is 5.99. The van der Waals surface area contributed by atoms with Gasteiger partial charge >= 0.3 is 0 Å². The van der Waals surface area contributed by atoms with Crippen molar-refractivity contribution in [1.82, 2.24) is 0 Å². The molecule has 1 heterocycles. The summed E-state index contributed by atoms with van der Waals surface area (Å²) in [6.07, 6.45) is 4.72. The molecule has 0 aromatic carbocycles. The topological polar surface area (TPSA) is 29.5 Å². The van der Waals surface area contributed by atoms with Crippen molar-refractivity contribution in [2.75, 3.05) is 13.2 Å². The molecule has 4 atom stereocenters. The van der Waals surface area contributed by atoms with Gasteiger partial charge in [0.05, 0.1) is 12.2 Å². The van der Waals surface area contributed by atoms with Crippen molar-refractivity contribution in [2.45, 2.75) is 45.1 Å². The molecule has 0 radical (unpaired) electrons. The van der Waals surface area contributed by atoms with Crippen LogP contribution in [-0.2, 0) is 4.74 Å². The van der Waals surface area contributed by atoms with E-state index < -0.39 is 0 Å². The maximum atomic E-state index is 9.19. The zero-order valence-corrected chi connectivity index (χ0v) is 9.18. The van der Waals surface area contributed by atoms with Crippen molar-refractivity contribution in [3.8, 4) is 0 Å². The van der Waals surface area contributed by atoms with E-state index in [1.54, 1.807) is 0 Å². The van der Waals surface area contributed by atoms with Crippen LogP contribution in [0.5, 0.6) is 0 Å². The lowest BCUT2D eigenvalue weighted by atomic mass is 9.65. The Bertz CT molecular complexity index is 273. The molecule has 0 unspecified atom stereocenters. The van der Waals surface area contributed by atoms with Crippen LogP contribution in [0, 0.1) is 16.7 Å². The molecule has 3 rings (SSSR count).